The lowest BCUT2D eigenvalue weighted by Gasteiger charge is -2.08. The molecule has 0 aliphatic carbocycles. The number of hydrogen-bond acceptors (Lipinski definition) is 2. The van der Waals surface area contributed by atoms with Crippen LogP contribution in [0.15, 0.2) is 30.3 Å². The van der Waals surface area contributed by atoms with Gasteiger partial charge in [-0.2, -0.15) is 0 Å². The first kappa shape index (κ1) is 14.1. The Hall–Kier alpha value is -2.30. The van der Waals surface area contributed by atoms with E-state index in [0.29, 0.717) is 17.8 Å². The van der Waals surface area contributed by atoms with E-state index in [2.05, 4.69) is 4.98 Å². The summed E-state index contributed by atoms with van der Waals surface area (Å²) >= 11 is 0. The molecule has 0 amide bonds. The van der Waals surface area contributed by atoms with Crippen molar-refractivity contribution in [3.8, 4) is 11.3 Å². The third-order valence-corrected chi connectivity index (χ3v) is 2.90. The number of carboxylic acid groups (broad SMARTS) is 1. The molecular weight excluding hydrogens is 264 g/mol. The van der Waals surface area contributed by atoms with Gasteiger partial charge in [0.25, 0.3) is 0 Å². The van der Waals surface area contributed by atoms with Gasteiger partial charge in [0, 0.05) is 11.6 Å². The molecule has 1 N–H and O–H groups in total. The second kappa shape index (κ2) is 5.77. The highest BCUT2D eigenvalue weighted by Crippen LogP contribution is 2.23. The van der Waals surface area contributed by atoms with E-state index >= 15 is 0 Å². The van der Waals surface area contributed by atoms with Crippen LogP contribution >= 0.6 is 0 Å². The highest BCUT2D eigenvalue weighted by Gasteiger charge is 2.14. The molecule has 0 bridgehead atoms. The molecule has 3 nitrogen and oxygen atoms in total. The molecule has 0 atom stereocenters. The maximum atomic E-state index is 13.7. The molecule has 0 radical (unpaired) electrons. The van der Waals surface area contributed by atoms with Crippen molar-refractivity contribution in [2.45, 2.75) is 19.8 Å². The molecule has 2 rings (SSSR count). The molecule has 104 valence electrons. The fraction of sp³-hybridized carbons (Fsp3) is 0.200. The van der Waals surface area contributed by atoms with E-state index in [1.807, 2.05) is 6.92 Å². The third-order valence-electron chi connectivity index (χ3n) is 2.90. The Labute approximate surface area is 114 Å². The van der Waals surface area contributed by atoms with Gasteiger partial charge in [0.2, 0.25) is 0 Å². The topological polar surface area (TPSA) is 50.2 Å². The number of benzene rings is 1. The van der Waals surface area contributed by atoms with E-state index in [-0.39, 0.29) is 11.1 Å². The first-order valence-electron chi connectivity index (χ1n) is 6.21. The zero-order valence-electron chi connectivity index (χ0n) is 10.9. The summed E-state index contributed by atoms with van der Waals surface area (Å²) in [4.78, 5) is 15.3. The predicted molar refractivity (Wildman–Crippen MR) is 70.5 cm³/mol. The number of hydrogen-bond donors (Lipinski definition) is 1. The van der Waals surface area contributed by atoms with Crippen molar-refractivity contribution in [1.82, 2.24) is 4.98 Å². The van der Waals surface area contributed by atoms with E-state index in [0.717, 1.165) is 18.6 Å². The standard InChI is InChI=1S/C15H13F2NO2/c1-2-3-13-11(15(19)20)6-7-14(18-13)10-5-4-9(16)8-12(10)17/h4-8H,2-3H2,1H3,(H,19,20). The van der Waals surface area contributed by atoms with E-state index in [1.165, 1.54) is 18.2 Å². The van der Waals surface area contributed by atoms with Crippen molar-refractivity contribution in [2.24, 2.45) is 0 Å². The number of aromatic carboxylic acids is 1. The molecule has 2 aromatic rings. The second-order valence-corrected chi connectivity index (χ2v) is 4.37. The normalized spacial score (nSPS) is 10.6. The predicted octanol–water partition coefficient (Wildman–Crippen LogP) is 3.68. The third kappa shape index (κ3) is 2.82. The summed E-state index contributed by atoms with van der Waals surface area (Å²) in [5.41, 5.74) is 0.969. The fourth-order valence-corrected chi connectivity index (χ4v) is 1.97. The summed E-state index contributed by atoms with van der Waals surface area (Å²) in [7, 11) is 0. The molecule has 0 saturated heterocycles. The van der Waals surface area contributed by atoms with E-state index in [4.69, 9.17) is 5.11 Å². The summed E-state index contributed by atoms with van der Waals surface area (Å²) < 4.78 is 26.6. The number of carboxylic acids is 1. The summed E-state index contributed by atoms with van der Waals surface area (Å²) in [6, 6.07) is 6.05. The Bertz CT molecular complexity index is 656. The number of aryl methyl sites for hydroxylation is 1. The first-order valence-corrected chi connectivity index (χ1v) is 6.21. The van der Waals surface area contributed by atoms with Crippen LogP contribution in [0.25, 0.3) is 11.3 Å². The lowest BCUT2D eigenvalue weighted by Crippen LogP contribution is -2.06. The molecule has 20 heavy (non-hydrogen) atoms. The van der Waals surface area contributed by atoms with Gasteiger partial charge in [0.1, 0.15) is 11.6 Å². The molecule has 1 heterocycles. The zero-order chi connectivity index (χ0) is 14.7. The Morgan fingerprint density at radius 1 is 1.25 bits per heavy atom. The number of pyridine rings is 1. The van der Waals surface area contributed by atoms with Gasteiger partial charge in [0.05, 0.1) is 17.0 Å². The summed E-state index contributed by atoms with van der Waals surface area (Å²) in [6.45, 7) is 1.90. The summed E-state index contributed by atoms with van der Waals surface area (Å²) in [6.07, 6.45) is 1.21. The SMILES string of the molecule is CCCc1nc(-c2ccc(F)cc2F)ccc1C(=O)O. The van der Waals surface area contributed by atoms with Crippen LogP contribution in [0, 0.1) is 11.6 Å². The van der Waals surface area contributed by atoms with Crippen molar-refractivity contribution in [2.75, 3.05) is 0 Å². The number of aromatic nitrogens is 1. The maximum absolute atomic E-state index is 13.7. The summed E-state index contributed by atoms with van der Waals surface area (Å²) in [5, 5.41) is 9.08. The average Bonchev–Trinajstić information content (AvgIpc) is 2.38. The number of halogens is 2. The van der Waals surface area contributed by atoms with Crippen LogP contribution in [0.1, 0.15) is 29.4 Å². The van der Waals surface area contributed by atoms with Crippen LogP contribution in [0.3, 0.4) is 0 Å². The largest absolute Gasteiger partial charge is 0.478 e. The molecule has 1 aromatic heterocycles. The van der Waals surface area contributed by atoms with Crippen LogP contribution in [-0.4, -0.2) is 16.1 Å². The molecule has 0 fully saturated rings. The van der Waals surface area contributed by atoms with E-state index in [1.54, 1.807) is 0 Å². The van der Waals surface area contributed by atoms with Gasteiger partial charge >= 0.3 is 5.97 Å². The minimum absolute atomic E-state index is 0.109. The monoisotopic (exact) mass is 277 g/mol. The molecule has 0 aliphatic rings. The molecule has 0 aliphatic heterocycles. The highest BCUT2D eigenvalue weighted by molar-refractivity contribution is 5.89. The fourth-order valence-electron chi connectivity index (χ4n) is 1.97. The van der Waals surface area contributed by atoms with Gasteiger partial charge in [0.15, 0.2) is 0 Å². The molecule has 5 heteroatoms. The Kier molecular flexibility index (Phi) is 4.08. The minimum atomic E-state index is -1.06. The van der Waals surface area contributed by atoms with Crippen molar-refractivity contribution in [3.63, 3.8) is 0 Å². The van der Waals surface area contributed by atoms with Crippen LogP contribution in [0.2, 0.25) is 0 Å². The smallest absolute Gasteiger partial charge is 0.337 e. The summed E-state index contributed by atoms with van der Waals surface area (Å²) in [5.74, 6) is -2.45. The zero-order valence-corrected chi connectivity index (χ0v) is 10.9. The van der Waals surface area contributed by atoms with Gasteiger partial charge in [-0.05, 0) is 30.7 Å². The van der Waals surface area contributed by atoms with Gasteiger partial charge in [-0.15, -0.1) is 0 Å². The highest BCUT2D eigenvalue weighted by atomic mass is 19.1. The lowest BCUT2D eigenvalue weighted by atomic mass is 10.1. The van der Waals surface area contributed by atoms with E-state index in [9.17, 15) is 13.6 Å². The van der Waals surface area contributed by atoms with Crippen molar-refractivity contribution >= 4 is 5.97 Å². The van der Waals surface area contributed by atoms with Gasteiger partial charge in [-0.25, -0.2) is 13.6 Å². The van der Waals surface area contributed by atoms with Crippen molar-refractivity contribution < 1.29 is 18.7 Å². The Balaban J connectivity index is 2.52. The Morgan fingerprint density at radius 3 is 2.60 bits per heavy atom. The minimum Gasteiger partial charge on any atom is -0.478 e. The van der Waals surface area contributed by atoms with Gasteiger partial charge in [-0.3, -0.25) is 4.98 Å². The lowest BCUT2D eigenvalue weighted by molar-refractivity contribution is 0.0695. The molecule has 0 saturated carbocycles. The van der Waals surface area contributed by atoms with E-state index < -0.39 is 17.6 Å². The van der Waals surface area contributed by atoms with Gasteiger partial charge < -0.3 is 5.11 Å². The quantitative estimate of drug-likeness (QED) is 0.927. The molecule has 0 spiro atoms. The van der Waals surface area contributed by atoms with Crippen molar-refractivity contribution in [1.29, 1.82) is 0 Å². The molecule has 0 unspecified atom stereocenters. The second-order valence-electron chi connectivity index (χ2n) is 4.37. The van der Waals surface area contributed by atoms with Gasteiger partial charge in [-0.1, -0.05) is 13.3 Å². The first-order chi connectivity index (χ1) is 9.52. The number of nitrogens with zero attached hydrogens (tertiary/aromatic N) is 1. The average molecular weight is 277 g/mol. The van der Waals surface area contributed by atoms with Crippen LogP contribution in [0.5, 0.6) is 0 Å². The maximum Gasteiger partial charge on any atom is 0.337 e. The van der Waals surface area contributed by atoms with Crippen LogP contribution < -0.4 is 0 Å². The molecule has 1 aromatic carbocycles. The molecular formula is C15H13F2NO2. The Morgan fingerprint density at radius 2 is 2.00 bits per heavy atom. The van der Waals surface area contributed by atoms with Crippen molar-refractivity contribution in [3.05, 3.63) is 53.2 Å². The van der Waals surface area contributed by atoms with Crippen LogP contribution in [-0.2, 0) is 6.42 Å². The van der Waals surface area contributed by atoms with Crippen LogP contribution in [0.4, 0.5) is 8.78 Å². The number of rotatable bonds is 4. The number of carbonyl (C=O) groups is 1.